The van der Waals surface area contributed by atoms with E-state index in [4.69, 9.17) is 11.6 Å². The van der Waals surface area contributed by atoms with Crippen molar-refractivity contribution < 1.29 is 24.3 Å². The van der Waals surface area contributed by atoms with Gasteiger partial charge in [0.1, 0.15) is 17.3 Å². The maximum absolute atomic E-state index is 13.0. The van der Waals surface area contributed by atoms with Crippen molar-refractivity contribution in [1.29, 1.82) is 0 Å². The molecule has 0 bridgehead atoms. The summed E-state index contributed by atoms with van der Waals surface area (Å²) >= 11 is 5.84. The summed E-state index contributed by atoms with van der Waals surface area (Å²) in [4.78, 5) is 65.9. The quantitative estimate of drug-likeness (QED) is 0.406. The number of carbonyl (C=O) groups excluding carboxylic acids is 3. The third-order valence-electron chi connectivity index (χ3n) is 6.33. The summed E-state index contributed by atoms with van der Waals surface area (Å²) in [5.74, 6) is -1.59. The molecular formula is C27H28ClN7O5. The standard InChI is InChI=1S/C27H28ClN7O5/c1-17(36)34-9-2-3-10-35(12-4-11-34)24-16-29-22(15-31-24)26(38)32-21-13-18(27(39)40)5-7-20(21)25(37)33-23-8-6-19(28)14-30-23/h5-8,13-16H,2-4,9-12H2,1H3,(H,32,38)(H,39,40)(H,30,33,37). The van der Waals surface area contributed by atoms with E-state index in [-0.39, 0.29) is 34.2 Å². The van der Waals surface area contributed by atoms with Gasteiger partial charge in [0.2, 0.25) is 5.91 Å². The molecule has 0 radical (unpaired) electrons. The molecule has 0 unspecified atom stereocenters. The number of aromatic carboxylic acids is 1. The molecule has 1 fully saturated rings. The Labute approximate surface area is 235 Å². The fourth-order valence-corrected chi connectivity index (χ4v) is 4.34. The van der Waals surface area contributed by atoms with Crippen LogP contribution in [0.3, 0.4) is 0 Å². The Morgan fingerprint density at radius 3 is 2.27 bits per heavy atom. The SMILES string of the molecule is CC(=O)N1CCCCN(c2cnc(C(=O)Nc3cc(C(=O)O)ccc3C(=O)Nc3ccc(Cl)cn3)cn2)CCC1. The number of anilines is 3. The molecule has 3 N–H and O–H groups in total. The van der Waals surface area contributed by atoms with Crippen molar-refractivity contribution >= 4 is 52.6 Å². The van der Waals surface area contributed by atoms with Gasteiger partial charge in [-0.1, -0.05) is 11.6 Å². The number of hydrogen-bond donors (Lipinski definition) is 3. The monoisotopic (exact) mass is 565 g/mol. The molecule has 0 aliphatic carbocycles. The van der Waals surface area contributed by atoms with Gasteiger partial charge in [-0.25, -0.2) is 19.7 Å². The highest BCUT2D eigenvalue weighted by atomic mass is 35.5. The van der Waals surface area contributed by atoms with E-state index in [2.05, 4.69) is 30.5 Å². The Kier molecular flexibility index (Phi) is 9.23. The molecule has 1 aliphatic heterocycles. The maximum atomic E-state index is 13.0. The number of carboxylic acid groups (broad SMARTS) is 1. The number of halogens is 1. The molecule has 0 atom stereocenters. The van der Waals surface area contributed by atoms with Crippen LogP contribution in [0.4, 0.5) is 17.3 Å². The zero-order valence-electron chi connectivity index (χ0n) is 21.8. The number of nitrogens with zero attached hydrogens (tertiary/aromatic N) is 5. The summed E-state index contributed by atoms with van der Waals surface area (Å²) in [5, 5.41) is 15.0. The highest BCUT2D eigenvalue weighted by Gasteiger charge is 2.20. The van der Waals surface area contributed by atoms with Gasteiger partial charge in [-0.05, 0) is 49.6 Å². The Morgan fingerprint density at radius 1 is 0.850 bits per heavy atom. The molecule has 0 spiro atoms. The van der Waals surface area contributed by atoms with Crippen LogP contribution in [0.5, 0.6) is 0 Å². The Hall–Kier alpha value is -4.58. The first-order valence-electron chi connectivity index (χ1n) is 12.7. The van der Waals surface area contributed by atoms with E-state index in [0.29, 0.717) is 23.9 Å². The number of nitrogens with one attached hydrogen (secondary N) is 2. The Morgan fingerprint density at radius 2 is 1.60 bits per heavy atom. The van der Waals surface area contributed by atoms with Crippen LogP contribution >= 0.6 is 11.6 Å². The van der Waals surface area contributed by atoms with Gasteiger partial charge in [-0.3, -0.25) is 14.4 Å². The van der Waals surface area contributed by atoms with Gasteiger partial charge in [-0.15, -0.1) is 0 Å². The van der Waals surface area contributed by atoms with Crippen LogP contribution in [0.15, 0.2) is 48.9 Å². The summed E-state index contributed by atoms with van der Waals surface area (Å²) in [6.07, 6.45) is 6.74. The van der Waals surface area contributed by atoms with E-state index in [0.717, 1.165) is 32.4 Å². The Bertz CT molecular complexity index is 1400. The molecule has 2 aromatic heterocycles. The molecular weight excluding hydrogens is 538 g/mol. The van der Waals surface area contributed by atoms with Crippen LogP contribution in [0.2, 0.25) is 5.02 Å². The third kappa shape index (κ3) is 7.29. The number of carbonyl (C=O) groups is 4. The van der Waals surface area contributed by atoms with E-state index in [1.54, 1.807) is 13.0 Å². The van der Waals surface area contributed by atoms with Crippen LogP contribution in [-0.4, -0.2) is 74.8 Å². The highest BCUT2D eigenvalue weighted by molar-refractivity contribution is 6.30. The minimum Gasteiger partial charge on any atom is -0.478 e. The molecule has 12 nitrogen and oxygen atoms in total. The molecule has 3 heterocycles. The molecule has 4 rings (SSSR count). The molecule has 0 saturated carbocycles. The molecule has 208 valence electrons. The second-order valence-corrected chi connectivity index (χ2v) is 9.59. The van der Waals surface area contributed by atoms with Crippen molar-refractivity contribution in [3.63, 3.8) is 0 Å². The lowest BCUT2D eigenvalue weighted by molar-refractivity contribution is -0.128. The van der Waals surface area contributed by atoms with E-state index in [1.165, 1.54) is 42.9 Å². The summed E-state index contributed by atoms with van der Waals surface area (Å²) in [6.45, 7) is 4.41. The van der Waals surface area contributed by atoms with Crippen LogP contribution in [0, 0.1) is 0 Å². The zero-order valence-corrected chi connectivity index (χ0v) is 22.5. The van der Waals surface area contributed by atoms with Crippen LogP contribution < -0.4 is 15.5 Å². The van der Waals surface area contributed by atoms with Crippen LogP contribution in [0.25, 0.3) is 0 Å². The van der Waals surface area contributed by atoms with Gasteiger partial charge in [0.25, 0.3) is 11.8 Å². The first-order valence-corrected chi connectivity index (χ1v) is 13.0. The normalized spacial score (nSPS) is 13.9. The maximum Gasteiger partial charge on any atom is 0.335 e. The fourth-order valence-electron chi connectivity index (χ4n) is 4.23. The second kappa shape index (κ2) is 13.0. The Balaban J connectivity index is 1.48. The molecule has 1 aromatic carbocycles. The molecule has 13 heteroatoms. The molecule has 3 aromatic rings. The minimum atomic E-state index is -1.22. The predicted octanol–water partition coefficient (Wildman–Crippen LogP) is 3.57. The van der Waals surface area contributed by atoms with Crippen molar-refractivity contribution in [3.05, 3.63) is 70.8 Å². The molecule has 40 heavy (non-hydrogen) atoms. The van der Waals surface area contributed by atoms with Gasteiger partial charge in [0.05, 0.1) is 34.2 Å². The van der Waals surface area contributed by atoms with Gasteiger partial charge in [-0.2, -0.15) is 0 Å². The second-order valence-electron chi connectivity index (χ2n) is 9.15. The van der Waals surface area contributed by atoms with Gasteiger partial charge < -0.3 is 25.5 Å². The largest absolute Gasteiger partial charge is 0.478 e. The number of pyridine rings is 1. The summed E-state index contributed by atoms with van der Waals surface area (Å²) < 4.78 is 0. The number of benzene rings is 1. The third-order valence-corrected chi connectivity index (χ3v) is 6.55. The molecule has 3 amide bonds. The smallest absolute Gasteiger partial charge is 0.335 e. The highest BCUT2D eigenvalue weighted by Crippen LogP contribution is 2.21. The molecule has 1 aliphatic rings. The number of aromatic nitrogens is 3. The van der Waals surface area contributed by atoms with E-state index in [9.17, 15) is 24.3 Å². The first-order chi connectivity index (χ1) is 19.2. The van der Waals surface area contributed by atoms with E-state index < -0.39 is 17.8 Å². The van der Waals surface area contributed by atoms with Crippen molar-refractivity contribution in [2.75, 3.05) is 41.7 Å². The zero-order chi connectivity index (χ0) is 28.6. The topological polar surface area (TPSA) is 158 Å². The predicted molar refractivity (Wildman–Crippen MR) is 149 cm³/mol. The van der Waals surface area contributed by atoms with Crippen LogP contribution in [-0.2, 0) is 4.79 Å². The number of carboxylic acids is 1. The van der Waals surface area contributed by atoms with Gasteiger partial charge in [0, 0.05) is 39.3 Å². The van der Waals surface area contributed by atoms with Crippen molar-refractivity contribution in [2.24, 2.45) is 0 Å². The summed E-state index contributed by atoms with van der Waals surface area (Å²) in [7, 11) is 0. The number of hydrogen-bond acceptors (Lipinski definition) is 8. The average molecular weight is 566 g/mol. The van der Waals surface area contributed by atoms with Crippen molar-refractivity contribution in [2.45, 2.75) is 26.2 Å². The first kappa shape index (κ1) is 28.4. The van der Waals surface area contributed by atoms with E-state index in [1.807, 2.05) is 4.90 Å². The van der Waals surface area contributed by atoms with Crippen molar-refractivity contribution in [1.82, 2.24) is 19.9 Å². The summed E-state index contributed by atoms with van der Waals surface area (Å²) in [6, 6.07) is 6.82. The average Bonchev–Trinajstić information content (AvgIpc) is 3.06. The fraction of sp³-hybridized carbons (Fsp3) is 0.296. The lowest BCUT2D eigenvalue weighted by atomic mass is 10.1. The molecule has 1 saturated heterocycles. The van der Waals surface area contributed by atoms with Crippen molar-refractivity contribution in [3.8, 4) is 0 Å². The summed E-state index contributed by atoms with van der Waals surface area (Å²) in [5.41, 5.74) is -0.121. The lowest BCUT2D eigenvalue weighted by Crippen LogP contribution is -2.32. The minimum absolute atomic E-state index is 0.0118. The number of amides is 3. The lowest BCUT2D eigenvalue weighted by Gasteiger charge is -2.23. The van der Waals surface area contributed by atoms with Crippen LogP contribution in [0.1, 0.15) is 57.4 Å². The van der Waals surface area contributed by atoms with Gasteiger partial charge in [0.15, 0.2) is 0 Å². The van der Waals surface area contributed by atoms with Gasteiger partial charge >= 0.3 is 5.97 Å². The van der Waals surface area contributed by atoms with E-state index >= 15 is 0 Å². The number of rotatable bonds is 6.